The summed E-state index contributed by atoms with van der Waals surface area (Å²) in [6, 6.07) is 10.2. The highest BCUT2D eigenvalue weighted by molar-refractivity contribution is 14.0. The minimum atomic E-state index is -0.970. The number of rotatable bonds is 8. The second kappa shape index (κ2) is 9.93. The van der Waals surface area contributed by atoms with Crippen LogP contribution in [-0.2, 0) is 11.0 Å². The first kappa shape index (κ1) is 23.0. The molecule has 154 valence electrons. The lowest BCUT2D eigenvalue weighted by Gasteiger charge is -2.23. The molecule has 0 radical (unpaired) electrons. The third-order valence-corrected chi connectivity index (χ3v) is 5.84. The molecule has 1 aliphatic carbocycles. The fourth-order valence-electron chi connectivity index (χ4n) is 3.26. The van der Waals surface area contributed by atoms with E-state index in [9.17, 15) is 5.11 Å². The van der Waals surface area contributed by atoms with E-state index in [-0.39, 0.29) is 29.4 Å². The molecule has 1 aromatic carbocycles. The Morgan fingerprint density at radius 3 is 2.64 bits per heavy atom. The molecule has 0 amide bonds. The van der Waals surface area contributed by atoms with E-state index in [1.165, 1.54) is 5.56 Å². The minimum Gasteiger partial charge on any atom is -0.496 e. The zero-order valence-electron chi connectivity index (χ0n) is 16.7. The van der Waals surface area contributed by atoms with Gasteiger partial charge in [-0.15, -0.1) is 24.0 Å². The predicted molar refractivity (Wildman–Crippen MR) is 127 cm³/mol. The molecule has 2 aromatic rings. The maximum atomic E-state index is 10.7. The van der Waals surface area contributed by atoms with Gasteiger partial charge in [0.15, 0.2) is 5.96 Å². The number of hydrogen-bond acceptors (Lipinski definition) is 4. The molecule has 1 saturated carbocycles. The number of para-hydroxylation sites is 1. The molecule has 0 aliphatic heterocycles. The van der Waals surface area contributed by atoms with Gasteiger partial charge in [-0.05, 0) is 55.1 Å². The van der Waals surface area contributed by atoms with Crippen LogP contribution in [0, 0.1) is 0 Å². The van der Waals surface area contributed by atoms with Crippen LogP contribution in [0.15, 0.2) is 46.1 Å². The summed E-state index contributed by atoms with van der Waals surface area (Å²) in [5, 5.41) is 21.4. The van der Waals surface area contributed by atoms with Crippen molar-refractivity contribution in [2.45, 2.75) is 37.7 Å². The van der Waals surface area contributed by atoms with Gasteiger partial charge in [-0.3, -0.25) is 0 Å². The summed E-state index contributed by atoms with van der Waals surface area (Å²) < 4.78 is 5.55. The van der Waals surface area contributed by atoms with Gasteiger partial charge in [0, 0.05) is 24.1 Å². The van der Waals surface area contributed by atoms with Gasteiger partial charge in [0.25, 0.3) is 0 Å². The Bertz CT molecular complexity index is 774. The molecule has 1 unspecified atom stereocenters. The van der Waals surface area contributed by atoms with Crippen LogP contribution in [0.5, 0.6) is 5.75 Å². The molecule has 28 heavy (non-hydrogen) atoms. The SMILES string of the molecule is CCNC(=NCC(C)(O)c1ccsc1)NCC1(c2ccccc2OC)CC1.I. The second-order valence-electron chi connectivity index (χ2n) is 7.32. The molecule has 5 nitrogen and oxygen atoms in total. The third-order valence-electron chi connectivity index (χ3n) is 5.16. The van der Waals surface area contributed by atoms with Crippen LogP contribution in [0.25, 0.3) is 0 Å². The van der Waals surface area contributed by atoms with Crippen molar-refractivity contribution >= 4 is 41.3 Å². The molecule has 1 heterocycles. The highest BCUT2D eigenvalue weighted by Gasteiger charge is 2.46. The van der Waals surface area contributed by atoms with Gasteiger partial charge in [-0.25, -0.2) is 4.99 Å². The molecule has 0 bridgehead atoms. The van der Waals surface area contributed by atoms with Crippen molar-refractivity contribution in [3.8, 4) is 5.75 Å². The van der Waals surface area contributed by atoms with E-state index in [0.29, 0.717) is 6.54 Å². The molecule has 1 aromatic heterocycles. The number of halogens is 1. The van der Waals surface area contributed by atoms with Gasteiger partial charge in [0.05, 0.1) is 13.7 Å². The lowest BCUT2D eigenvalue weighted by molar-refractivity contribution is 0.0677. The molecule has 3 rings (SSSR count). The van der Waals surface area contributed by atoms with Crippen molar-refractivity contribution in [2.75, 3.05) is 26.7 Å². The van der Waals surface area contributed by atoms with E-state index >= 15 is 0 Å². The first-order valence-corrected chi connectivity index (χ1v) is 10.4. The van der Waals surface area contributed by atoms with E-state index in [2.05, 4.69) is 27.8 Å². The first-order valence-electron chi connectivity index (χ1n) is 9.41. The summed E-state index contributed by atoms with van der Waals surface area (Å²) in [5.74, 6) is 1.67. The van der Waals surface area contributed by atoms with Gasteiger partial charge in [-0.2, -0.15) is 11.3 Å². The maximum Gasteiger partial charge on any atom is 0.191 e. The minimum absolute atomic E-state index is 0. The standard InChI is InChI=1S/C21H29N3O2S.HI/c1-4-22-19(23-14-20(2,25)16-9-12-27-13-16)24-15-21(10-11-21)17-7-5-6-8-18(17)26-3;/h5-9,12-13,25H,4,10-11,14-15H2,1-3H3,(H2,22,23,24);1H. The molecule has 0 spiro atoms. The van der Waals surface area contributed by atoms with Crippen LogP contribution < -0.4 is 15.4 Å². The van der Waals surface area contributed by atoms with Crippen molar-refractivity contribution in [3.63, 3.8) is 0 Å². The Hall–Kier alpha value is -1.32. The number of benzene rings is 1. The Balaban J connectivity index is 0.00000280. The highest BCUT2D eigenvalue weighted by atomic mass is 127. The Morgan fingerprint density at radius 2 is 2.04 bits per heavy atom. The summed E-state index contributed by atoms with van der Waals surface area (Å²) in [5.41, 5.74) is 1.28. The lowest BCUT2D eigenvalue weighted by atomic mass is 9.95. The van der Waals surface area contributed by atoms with Crippen molar-refractivity contribution < 1.29 is 9.84 Å². The number of nitrogens with zero attached hydrogens (tertiary/aromatic N) is 1. The predicted octanol–water partition coefficient (Wildman–Crippen LogP) is 3.87. The molecule has 0 saturated heterocycles. The van der Waals surface area contributed by atoms with Crippen LogP contribution in [0.2, 0.25) is 0 Å². The van der Waals surface area contributed by atoms with Gasteiger partial charge >= 0.3 is 0 Å². The monoisotopic (exact) mass is 515 g/mol. The van der Waals surface area contributed by atoms with Crippen molar-refractivity contribution in [2.24, 2.45) is 4.99 Å². The molecular formula is C21H30IN3O2S. The number of ether oxygens (including phenoxy) is 1. The van der Waals surface area contributed by atoms with Crippen LogP contribution >= 0.6 is 35.3 Å². The Labute approximate surface area is 188 Å². The van der Waals surface area contributed by atoms with Crippen LogP contribution in [0.4, 0.5) is 0 Å². The van der Waals surface area contributed by atoms with E-state index < -0.39 is 5.60 Å². The van der Waals surface area contributed by atoms with E-state index in [1.54, 1.807) is 25.4 Å². The van der Waals surface area contributed by atoms with Crippen molar-refractivity contribution in [1.29, 1.82) is 0 Å². The normalized spacial score (nSPS) is 17.2. The fourth-order valence-corrected chi connectivity index (χ4v) is 4.05. The number of thiophene rings is 1. The zero-order chi connectivity index (χ0) is 19.3. The number of methoxy groups -OCH3 is 1. The zero-order valence-corrected chi connectivity index (χ0v) is 19.8. The van der Waals surface area contributed by atoms with E-state index in [0.717, 1.165) is 43.2 Å². The maximum absolute atomic E-state index is 10.7. The van der Waals surface area contributed by atoms with Crippen molar-refractivity contribution in [1.82, 2.24) is 10.6 Å². The lowest BCUT2D eigenvalue weighted by Crippen LogP contribution is -2.42. The molecule has 1 atom stereocenters. The molecule has 7 heteroatoms. The largest absolute Gasteiger partial charge is 0.496 e. The number of nitrogens with one attached hydrogen (secondary N) is 2. The summed E-state index contributed by atoms with van der Waals surface area (Å²) in [7, 11) is 1.72. The summed E-state index contributed by atoms with van der Waals surface area (Å²) in [6.07, 6.45) is 2.26. The summed E-state index contributed by atoms with van der Waals surface area (Å²) in [4.78, 5) is 4.63. The van der Waals surface area contributed by atoms with Gasteiger partial charge in [-0.1, -0.05) is 18.2 Å². The second-order valence-corrected chi connectivity index (χ2v) is 8.10. The molecular weight excluding hydrogens is 485 g/mol. The average molecular weight is 515 g/mol. The van der Waals surface area contributed by atoms with Crippen molar-refractivity contribution in [3.05, 3.63) is 52.2 Å². The average Bonchev–Trinajstić information content (AvgIpc) is 3.24. The van der Waals surface area contributed by atoms with Gasteiger partial charge in [0.2, 0.25) is 0 Å². The fraction of sp³-hybridized carbons (Fsp3) is 0.476. The third kappa shape index (κ3) is 5.39. The highest BCUT2D eigenvalue weighted by Crippen LogP contribution is 2.50. The molecule has 1 fully saturated rings. The van der Waals surface area contributed by atoms with E-state index in [1.807, 2.05) is 35.9 Å². The number of aliphatic imine (C=N–C) groups is 1. The Morgan fingerprint density at radius 1 is 1.29 bits per heavy atom. The van der Waals surface area contributed by atoms with E-state index in [4.69, 9.17) is 4.74 Å². The number of hydrogen-bond donors (Lipinski definition) is 3. The van der Waals surface area contributed by atoms with Crippen LogP contribution in [-0.4, -0.2) is 37.8 Å². The van der Waals surface area contributed by atoms with Gasteiger partial charge < -0.3 is 20.5 Å². The molecule has 3 N–H and O–H groups in total. The topological polar surface area (TPSA) is 65.9 Å². The first-order chi connectivity index (χ1) is 13.0. The van der Waals surface area contributed by atoms with Crippen LogP contribution in [0.1, 0.15) is 37.8 Å². The van der Waals surface area contributed by atoms with Gasteiger partial charge in [0.1, 0.15) is 11.4 Å². The quantitative estimate of drug-likeness (QED) is 0.284. The number of guanidine groups is 1. The molecule has 1 aliphatic rings. The summed E-state index contributed by atoms with van der Waals surface area (Å²) in [6.45, 7) is 5.72. The Kier molecular flexibility index (Phi) is 8.15. The van der Waals surface area contributed by atoms with Crippen LogP contribution in [0.3, 0.4) is 0 Å². The summed E-state index contributed by atoms with van der Waals surface area (Å²) >= 11 is 1.58. The smallest absolute Gasteiger partial charge is 0.191 e. The number of aliphatic hydroxyl groups is 1.